The zero-order valence-corrected chi connectivity index (χ0v) is 25.2. The average molecular weight is 646 g/mol. The van der Waals surface area contributed by atoms with Crippen molar-refractivity contribution < 1.29 is 35.0 Å². The Bertz CT molecular complexity index is 1590. The number of benzene rings is 3. The summed E-state index contributed by atoms with van der Waals surface area (Å²) < 4.78 is 0.816. The molecule has 0 radical (unpaired) electrons. The van der Waals surface area contributed by atoms with Gasteiger partial charge in [0, 0.05) is 16.0 Å². The number of amides is 2. The molecule has 0 unspecified atom stereocenters. The van der Waals surface area contributed by atoms with Crippen LogP contribution in [0.25, 0.3) is 11.6 Å². The highest BCUT2D eigenvalue weighted by atomic mass is 79.9. The molecule has 1 aliphatic carbocycles. The lowest BCUT2D eigenvalue weighted by Crippen LogP contribution is -2.39. The minimum absolute atomic E-state index is 0.127. The Kier molecular flexibility index (Phi) is 9.34. The van der Waals surface area contributed by atoms with Crippen LogP contribution in [0.2, 0.25) is 0 Å². The zero-order chi connectivity index (χ0) is 30.8. The van der Waals surface area contributed by atoms with Crippen molar-refractivity contribution in [1.82, 2.24) is 0 Å². The minimum Gasteiger partial charge on any atom is -0.507 e. The quantitative estimate of drug-likeness (QED) is 0.104. The SMILES string of the molecule is CC1=C([C@H](O)CC/C(=C/c2cc(Br)ccc2O)c2ccccc2)[C@H](CO)[C@@H]2C(=O)N(c3cccc(B(O)O)c3)C(=O)[C@@H]2C1. The van der Waals surface area contributed by atoms with Crippen LogP contribution in [0.5, 0.6) is 5.75 Å². The molecule has 1 fully saturated rings. The number of fused-ring (bicyclic) bond motifs is 1. The number of rotatable bonds is 9. The highest BCUT2D eigenvalue weighted by Gasteiger charge is 2.54. The molecule has 1 saturated heterocycles. The molecular formula is C33H33BBrNO7. The number of carbonyl (C=O) groups excluding carboxylic acids is 2. The van der Waals surface area contributed by atoms with Crippen molar-refractivity contribution in [2.75, 3.05) is 11.5 Å². The number of phenolic OH excluding ortho intramolecular Hbond substituents is 1. The van der Waals surface area contributed by atoms with Gasteiger partial charge in [-0.05, 0) is 84.8 Å². The summed E-state index contributed by atoms with van der Waals surface area (Å²) in [5, 5.41) is 51.7. The second-order valence-corrected chi connectivity index (χ2v) is 12.1. The standard InChI is InChI=1S/C33H33BBrNO7/c1-19-14-26-31(33(41)36(32(26)40)25-9-5-8-23(17-25)34(42)43)27(18-37)30(19)29(39)12-10-21(20-6-3-2-4-7-20)15-22-16-24(35)11-13-28(22)38/h2-9,11,13,15-17,26-27,29,31,37-39,42-43H,10,12,14,18H2,1H3/b21-15-/t26-,27+,29-,31-/m1/s1. The number of allylic oxidation sites excluding steroid dienone is 2. The molecule has 4 atom stereocenters. The van der Waals surface area contributed by atoms with Gasteiger partial charge in [0.15, 0.2) is 0 Å². The fraction of sp³-hybridized carbons (Fsp3) is 0.273. The van der Waals surface area contributed by atoms with E-state index in [4.69, 9.17) is 0 Å². The first-order valence-electron chi connectivity index (χ1n) is 14.2. The first-order valence-corrected chi connectivity index (χ1v) is 15.0. The second-order valence-electron chi connectivity index (χ2n) is 11.1. The van der Waals surface area contributed by atoms with Crippen LogP contribution >= 0.6 is 15.9 Å². The van der Waals surface area contributed by atoms with E-state index in [9.17, 15) is 35.0 Å². The molecule has 5 N–H and O–H groups in total. The van der Waals surface area contributed by atoms with Gasteiger partial charge in [-0.25, -0.2) is 0 Å². The molecule has 2 amide bonds. The number of phenols is 1. The van der Waals surface area contributed by atoms with Gasteiger partial charge in [0.1, 0.15) is 5.75 Å². The number of aromatic hydroxyl groups is 1. The third-order valence-corrected chi connectivity index (χ3v) is 8.95. The van der Waals surface area contributed by atoms with E-state index in [0.717, 1.165) is 26.1 Å². The molecule has 0 bridgehead atoms. The van der Waals surface area contributed by atoms with E-state index in [1.807, 2.05) is 49.4 Å². The Morgan fingerprint density at radius 3 is 2.49 bits per heavy atom. The van der Waals surface area contributed by atoms with Crippen molar-refractivity contribution in [2.24, 2.45) is 17.8 Å². The average Bonchev–Trinajstić information content (AvgIpc) is 3.25. The third-order valence-electron chi connectivity index (χ3n) is 8.46. The van der Waals surface area contributed by atoms with Gasteiger partial charge in [0.05, 0.1) is 30.2 Å². The Morgan fingerprint density at radius 1 is 1.05 bits per heavy atom. The lowest BCUT2D eigenvalue weighted by molar-refractivity contribution is -0.123. The zero-order valence-electron chi connectivity index (χ0n) is 23.6. The smallest absolute Gasteiger partial charge is 0.488 e. The van der Waals surface area contributed by atoms with Gasteiger partial charge < -0.3 is 25.4 Å². The van der Waals surface area contributed by atoms with Crippen LogP contribution in [-0.2, 0) is 9.59 Å². The van der Waals surface area contributed by atoms with E-state index in [1.54, 1.807) is 24.3 Å². The number of hydrogen-bond donors (Lipinski definition) is 5. The Morgan fingerprint density at radius 2 is 1.79 bits per heavy atom. The molecule has 5 rings (SSSR count). The van der Waals surface area contributed by atoms with Crippen LogP contribution < -0.4 is 10.4 Å². The summed E-state index contributed by atoms with van der Waals surface area (Å²) >= 11 is 3.45. The molecule has 1 heterocycles. The first kappa shape index (κ1) is 30.9. The maximum Gasteiger partial charge on any atom is 0.488 e. The molecule has 2 aliphatic rings. The molecule has 8 nitrogen and oxygen atoms in total. The summed E-state index contributed by atoms with van der Waals surface area (Å²) in [6.45, 7) is 1.41. The molecule has 1 aliphatic heterocycles. The Labute approximate surface area is 258 Å². The van der Waals surface area contributed by atoms with Gasteiger partial charge in [-0.1, -0.05) is 64.0 Å². The van der Waals surface area contributed by atoms with Crippen molar-refractivity contribution in [3.05, 3.63) is 99.5 Å². The van der Waals surface area contributed by atoms with Crippen molar-refractivity contribution in [2.45, 2.75) is 32.3 Å². The predicted octanol–water partition coefficient (Wildman–Crippen LogP) is 3.65. The van der Waals surface area contributed by atoms with E-state index in [-0.39, 0.29) is 23.3 Å². The van der Waals surface area contributed by atoms with Crippen LogP contribution in [0.1, 0.15) is 37.3 Å². The lowest BCUT2D eigenvalue weighted by Gasteiger charge is -2.35. The normalized spacial score (nSPS) is 21.3. The maximum absolute atomic E-state index is 13.7. The number of anilines is 1. The largest absolute Gasteiger partial charge is 0.507 e. The monoisotopic (exact) mass is 645 g/mol. The topological polar surface area (TPSA) is 139 Å². The number of aliphatic hydroxyl groups is 2. The minimum atomic E-state index is -1.76. The van der Waals surface area contributed by atoms with Gasteiger partial charge in [0.25, 0.3) is 0 Å². The van der Waals surface area contributed by atoms with Crippen molar-refractivity contribution in [3.63, 3.8) is 0 Å². The first-order chi connectivity index (χ1) is 20.6. The van der Waals surface area contributed by atoms with E-state index < -0.39 is 49.4 Å². The number of nitrogens with zero attached hydrogens (tertiary/aromatic N) is 1. The van der Waals surface area contributed by atoms with E-state index in [1.165, 1.54) is 12.1 Å². The Hall–Kier alpha value is -3.54. The number of hydrogen-bond acceptors (Lipinski definition) is 7. The van der Waals surface area contributed by atoms with Crippen molar-refractivity contribution in [3.8, 4) is 5.75 Å². The van der Waals surface area contributed by atoms with Crippen LogP contribution in [0.4, 0.5) is 5.69 Å². The summed E-state index contributed by atoms with van der Waals surface area (Å²) in [4.78, 5) is 28.3. The van der Waals surface area contributed by atoms with Crippen LogP contribution in [0.15, 0.2) is 88.4 Å². The van der Waals surface area contributed by atoms with Crippen molar-refractivity contribution >= 4 is 57.7 Å². The van der Waals surface area contributed by atoms with E-state index >= 15 is 0 Å². The molecule has 0 spiro atoms. The number of aliphatic hydroxyl groups excluding tert-OH is 2. The molecule has 3 aromatic rings. The molecule has 0 saturated carbocycles. The molecule has 0 aromatic heterocycles. The third kappa shape index (κ3) is 6.25. The van der Waals surface area contributed by atoms with Crippen LogP contribution in [0.3, 0.4) is 0 Å². The number of halogens is 1. The van der Waals surface area contributed by atoms with Gasteiger partial charge in [-0.15, -0.1) is 0 Å². The lowest BCUT2D eigenvalue weighted by atomic mass is 9.68. The molecular weight excluding hydrogens is 613 g/mol. The summed E-state index contributed by atoms with van der Waals surface area (Å²) in [6.07, 6.45) is 1.90. The molecule has 43 heavy (non-hydrogen) atoms. The highest BCUT2D eigenvalue weighted by molar-refractivity contribution is 9.10. The number of carbonyl (C=O) groups is 2. The summed E-state index contributed by atoms with van der Waals surface area (Å²) in [5.74, 6) is -3.05. The predicted molar refractivity (Wildman–Crippen MR) is 169 cm³/mol. The van der Waals surface area contributed by atoms with E-state index in [2.05, 4.69) is 15.9 Å². The van der Waals surface area contributed by atoms with Gasteiger partial charge in [0.2, 0.25) is 11.8 Å². The van der Waals surface area contributed by atoms with Gasteiger partial charge >= 0.3 is 7.12 Å². The fourth-order valence-electron chi connectivity index (χ4n) is 6.42. The van der Waals surface area contributed by atoms with Crippen molar-refractivity contribution in [1.29, 1.82) is 0 Å². The molecule has 10 heteroatoms. The van der Waals surface area contributed by atoms with Gasteiger partial charge in [-0.2, -0.15) is 0 Å². The molecule has 3 aromatic carbocycles. The molecule has 222 valence electrons. The summed E-state index contributed by atoms with van der Waals surface area (Å²) in [5.41, 5.74) is 4.18. The van der Waals surface area contributed by atoms with Crippen LogP contribution in [-0.4, -0.2) is 57.0 Å². The number of imide groups is 1. The summed E-state index contributed by atoms with van der Waals surface area (Å²) in [6, 6.07) is 20.8. The second kappa shape index (κ2) is 13.0. The van der Waals surface area contributed by atoms with Gasteiger partial charge in [-0.3, -0.25) is 14.5 Å². The van der Waals surface area contributed by atoms with E-state index in [0.29, 0.717) is 24.0 Å². The summed E-state index contributed by atoms with van der Waals surface area (Å²) in [7, 11) is -1.76. The highest BCUT2D eigenvalue weighted by Crippen LogP contribution is 2.47. The fourth-order valence-corrected chi connectivity index (χ4v) is 6.80. The Balaban J connectivity index is 1.41. The van der Waals surface area contributed by atoms with Crippen LogP contribution in [0, 0.1) is 17.8 Å². The maximum atomic E-state index is 13.7.